The van der Waals surface area contributed by atoms with E-state index in [-0.39, 0.29) is 0 Å². The van der Waals surface area contributed by atoms with Gasteiger partial charge in [0.1, 0.15) is 0 Å². The summed E-state index contributed by atoms with van der Waals surface area (Å²) < 4.78 is 0. The van der Waals surface area contributed by atoms with Gasteiger partial charge in [0, 0.05) is 5.92 Å². The van der Waals surface area contributed by atoms with Crippen LogP contribution in [-0.4, -0.2) is 0 Å². The van der Waals surface area contributed by atoms with Gasteiger partial charge in [0.15, 0.2) is 0 Å². The number of rotatable bonds is 4. The van der Waals surface area contributed by atoms with Crippen molar-refractivity contribution in [1.82, 2.24) is 0 Å². The summed E-state index contributed by atoms with van der Waals surface area (Å²) in [5.41, 5.74) is 9.98. The second-order valence-corrected chi connectivity index (χ2v) is 11.7. The molecule has 3 aromatic rings. The highest BCUT2D eigenvalue weighted by atomic mass is 14.2. The van der Waals surface area contributed by atoms with Gasteiger partial charge in [0.05, 0.1) is 0 Å². The first-order valence-corrected chi connectivity index (χ1v) is 14.0. The molecule has 3 aromatic carbocycles. The van der Waals surface area contributed by atoms with Gasteiger partial charge in [-0.2, -0.15) is 0 Å². The SMILES string of the molecule is C=C(C)CC.CC(C)C(C)(C)C.CCc1ccccc1.Cc1ccc(C(C)c2cc(C)cc(C)c2)cc1. The van der Waals surface area contributed by atoms with Gasteiger partial charge in [-0.05, 0) is 68.6 Å². The number of hydrogen-bond donors (Lipinski definition) is 0. The van der Waals surface area contributed by atoms with Crippen LogP contribution in [0.1, 0.15) is 108 Å². The standard InChI is InChI=1S/C17H20.C8H10.C7H16.C5H10/c1-12-5-7-16(8-6-12)15(4)17-10-13(2)9-14(3)11-17;1-2-8-6-4-3-5-7-8;1-6(2)7(3,4)5;1-4-5(2)3/h5-11,15H,1-4H3;3-7H,2H2,1H3;6H,1-5H3;2,4H2,1,3H3. The molecule has 204 valence electrons. The molecule has 37 heavy (non-hydrogen) atoms. The molecule has 0 amide bonds. The van der Waals surface area contributed by atoms with Crippen molar-refractivity contribution in [1.29, 1.82) is 0 Å². The normalized spacial score (nSPS) is 11.2. The number of hydrogen-bond acceptors (Lipinski definition) is 0. The van der Waals surface area contributed by atoms with Crippen LogP contribution in [0.3, 0.4) is 0 Å². The van der Waals surface area contributed by atoms with Crippen molar-refractivity contribution >= 4 is 0 Å². The van der Waals surface area contributed by atoms with Crippen molar-refractivity contribution in [2.45, 2.75) is 102 Å². The molecule has 0 spiro atoms. The van der Waals surface area contributed by atoms with Crippen LogP contribution in [0.2, 0.25) is 0 Å². The Bertz CT molecular complexity index is 978. The van der Waals surface area contributed by atoms with Crippen molar-refractivity contribution in [3.05, 3.63) is 118 Å². The molecular formula is C37H56. The fourth-order valence-electron chi connectivity index (χ4n) is 3.02. The molecule has 1 unspecified atom stereocenters. The fourth-order valence-corrected chi connectivity index (χ4v) is 3.02. The molecule has 0 nitrogen and oxygen atoms in total. The van der Waals surface area contributed by atoms with E-state index in [1.807, 2.05) is 13.0 Å². The van der Waals surface area contributed by atoms with Gasteiger partial charge in [0.2, 0.25) is 0 Å². The maximum absolute atomic E-state index is 3.67. The summed E-state index contributed by atoms with van der Waals surface area (Å²) in [6.07, 6.45) is 2.25. The van der Waals surface area contributed by atoms with Gasteiger partial charge in [-0.15, -0.1) is 6.58 Å². The largest absolute Gasteiger partial charge is 0.100 e. The zero-order valence-electron chi connectivity index (χ0n) is 26.2. The van der Waals surface area contributed by atoms with Gasteiger partial charge in [-0.1, -0.05) is 150 Å². The Labute approximate surface area is 231 Å². The summed E-state index contributed by atoms with van der Waals surface area (Å²) in [5, 5.41) is 0. The molecule has 0 heterocycles. The van der Waals surface area contributed by atoms with E-state index in [1.54, 1.807) is 0 Å². The minimum Gasteiger partial charge on any atom is -0.100 e. The van der Waals surface area contributed by atoms with Crippen LogP contribution in [0.25, 0.3) is 0 Å². The first-order valence-electron chi connectivity index (χ1n) is 14.0. The summed E-state index contributed by atoms with van der Waals surface area (Å²) >= 11 is 0. The Morgan fingerprint density at radius 1 is 0.703 bits per heavy atom. The lowest BCUT2D eigenvalue weighted by Crippen LogP contribution is -2.12. The highest BCUT2D eigenvalue weighted by molar-refractivity contribution is 5.37. The fraction of sp³-hybridized carbons (Fsp3) is 0.459. The van der Waals surface area contributed by atoms with Crippen LogP contribution in [0.15, 0.2) is 84.9 Å². The molecule has 0 bridgehead atoms. The maximum Gasteiger partial charge on any atom is 0.00612 e. The Hall–Kier alpha value is -2.60. The first-order chi connectivity index (χ1) is 17.2. The average molecular weight is 501 g/mol. The number of benzene rings is 3. The molecule has 0 N–H and O–H groups in total. The lowest BCUT2D eigenvalue weighted by atomic mass is 9.84. The van der Waals surface area contributed by atoms with Gasteiger partial charge >= 0.3 is 0 Å². The number of allylic oxidation sites excluding steroid dienone is 1. The van der Waals surface area contributed by atoms with E-state index in [4.69, 9.17) is 0 Å². The van der Waals surface area contributed by atoms with Crippen LogP contribution < -0.4 is 0 Å². The summed E-state index contributed by atoms with van der Waals surface area (Å²) in [6, 6.07) is 26.1. The monoisotopic (exact) mass is 500 g/mol. The van der Waals surface area contributed by atoms with Crippen molar-refractivity contribution in [3.63, 3.8) is 0 Å². The third-order valence-corrected chi connectivity index (χ3v) is 6.91. The quantitative estimate of drug-likeness (QED) is 0.312. The highest BCUT2D eigenvalue weighted by Gasteiger charge is 2.13. The highest BCUT2D eigenvalue weighted by Crippen LogP contribution is 2.26. The lowest BCUT2D eigenvalue weighted by Gasteiger charge is -2.22. The third kappa shape index (κ3) is 16.0. The van der Waals surface area contributed by atoms with Crippen molar-refractivity contribution in [2.24, 2.45) is 11.3 Å². The van der Waals surface area contributed by atoms with Gasteiger partial charge in [-0.25, -0.2) is 0 Å². The van der Waals surface area contributed by atoms with Crippen molar-refractivity contribution < 1.29 is 0 Å². The number of aryl methyl sites for hydroxylation is 4. The summed E-state index contributed by atoms with van der Waals surface area (Å²) in [5.74, 6) is 1.27. The Kier molecular flexibility index (Phi) is 16.5. The smallest absolute Gasteiger partial charge is 0.00612 e. The van der Waals surface area contributed by atoms with Gasteiger partial charge < -0.3 is 0 Å². The average Bonchev–Trinajstić information content (AvgIpc) is 2.84. The second-order valence-electron chi connectivity index (χ2n) is 11.7. The van der Waals surface area contributed by atoms with Crippen LogP contribution >= 0.6 is 0 Å². The van der Waals surface area contributed by atoms with Crippen LogP contribution in [0.5, 0.6) is 0 Å². The molecule has 0 fully saturated rings. The molecule has 3 rings (SSSR count). The zero-order valence-corrected chi connectivity index (χ0v) is 26.2. The molecule has 0 aromatic heterocycles. The molecule has 0 aliphatic carbocycles. The summed E-state index contributed by atoms with van der Waals surface area (Å²) in [6.45, 7) is 30.0. The van der Waals surface area contributed by atoms with E-state index < -0.39 is 0 Å². The molecular weight excluding hydrogens is 444 g/mol. The van der Waals surface area contributed by atoms with E-state index >= 15 is 0 Å². The molecule has 0 saturated heterocycles. The molecule has 0 saturated carbocycles. The van der Waals surface area contributed by atoms with E-state index in [0.717, 1.165) is 18.8 Å². The van der Waals surface area contributed by atoms with Crippen LogP contribution in [0, 0.1) is 32.1 Å². The predicted octanol–water partition coefficient (Wildman–Crippen LogP) is 11.7. The minimum absolute atomic E-state index is 0.467. The Morgan fingerprint density at radius 2 is 1.14 bits per heavy atom. The summed E-state index contributed by atoms with van der Waals surface area (Å²) in [4.78, 5) is 0. The zero-order chi connectivity index (χ0) is 28.6. The third-order valence-electron chi connectivity index (χ3n) is 6.91. The van der Waals surface area contributed by atoms with E-state index in [0.29, 0.717) is 11.3 Å². The van der Waals surface area contributed by atoms with Crippen molar-refractivity contribution in [3.8, 4) is 0 Å². The molecule has 0 aliphatic rings. The summed E-state index contributed by atoms with van der Waals surface area (Å²) in [7, 11) is 0. The van der Waals surface area contributed by atoms with E-state index in [9.17, 15) is 0 Å². The first kappa shape index (κ1) is 34.4. The van der Waals surface area contributed by atoms with E-state index in [2.05, 4.69) is 149 Å². The van der Waals surface area contributed by atoms with Crippen LogP contribution in [-0.2, 0) is 6.42 Å². The van der Waals surface area contributed by atoms with Gasteiger partial charge in [-0.3, -0.25) is 0 Å². The van der Waals surface area contributed by atoms with E-state index in [1.165, 1.54) is 39.0 Å². The van der Waals surface area contributed by atoms with Crippen LogP contribution in [0.4, 0.5) is 0 Å². The Balaban J connectivity index is 0.000000540. The predicted molar refractivity (Wildman–Crippen MR) is 170 cm³/mol. The topological polar surface area (TPSA) is 0 Å². The lowest BCUT2D eigenvalue weighted by molar-refractivity contribution is 0.283. The minimum atomic E-state index is 0.467. The molecule has 0 heteroatoms. The maximum atomic E-state index is 3.67. The van der Waals surface area contributed by atoms with Crippen molar-refractivity contribution in [2.75, 3.05) is 0 Å². The molecule has 1 atom stereocenters. The molecule has 0 aliphatic heterocycles. The van der Waals surface area contributed by atoms with Gasteiger partial charge in [0.25, 0.3) is 0 Å². The molecule has 0 radical (unpaired) electrons. The Morgan fingerprint density at radius 3 is 1.46 bits per heavy atom. The second kappa shape index (κ2) is 17.8.